The third-order valence-corrected chi connectivity index (χ3v) is 6.75. The summed E-state index contributed by atoms with van der Waals surface area (Å²) in [6.45, 7) is 8.51. The van der Waals surface area contributed by atoms with Crippen molar-refractivity contribution >= 4 is 39.9 Å². The molecule has 1 aromatic rings. The summed E-state index contributed by atoms with van der Waals surface area (Å²) in [4.78, 5) is 12.3. The first-order valence-electron chi connectivity index (χ1n) is 8.05. The first-order chi connectivity index (χ1) is 11.3. The van der Waals surface area contributed by atoms with Crippen molar-refractivity contribution in [1.29, 1.82) is 0 Å². The second-order valence-electron chi connectivity index (χ2n) is 6.65. The maximum atomic E-state index is 12.9. The Labute approximate surface area is 161 Å². The van der Waals surface area contributed by atoms with Crippen molar-refractivity contribution in [2.45, 2.75) is 44.9 Å². The molecule has 1 unspecified atom stereocenters. The van der Waals surface area contributed by atoms with Gasteiger partial charge in [0.05, 0.1) is 24.8 Å². The number of ether oxygens (including phenoxy) is 1. The number of hydrogen-bond acceptors (Lipinski definition) is 4. The highest BCUT2D eigenvalue weighted by molar-refractivity contribution is 14.1. The molecule has 2 atom stereocenters. The van der Waals surface area contributed by atoms with Gasteiger partial charge in [0.15, 0.2) is 0 Å². The van der Waals surface area contributed by atoms with E-state index in [1.54, 1.807) is 6.92 Å². The molecule has 1 aliphatic rings. The quantitative estimate of drug-likeness (QED) is 0.383. The zero-order chi connectivity index (χ0) is 17.9. The fourth-order valence-corrected chi connectivity index (χ4v) is 4.60. The molecule has 0 fully saturated rings. The van der Waals surface area contributed by atoms with Crippen molar-refractivity contribution in [2.75, 3.05) is 13.2 Å². The van der Waals surface area contributed by atoms with Crippen LogP contribution in [0.15, 0.2) is 35.9 Å². The summed E-state index contributed by atoms with van der Waals surface area (Å²) >= 11 is 1.11. The largest absolute Gasteiger partial charge is 0.597 e. The Balaban J connectivity index is 2.30. The van der Waals surface area contributed by atoms with E-state index in [2.05, 4.69) is 28.7 Å². The van der Waals surface area contributed by atoms with Gasteiger partial charge in [-0.15, -0.1) is 4.31 Å². The number of carbonyl (C=O) groups excluding carboxylic acids is 1. The molecule has 6 heteroatoms. The second kappa shape index (κ2) is 8.21. The summed E-state index contributed by atoms with van der Waals surface area (Å²) in [6, 6.07) is 7.86. The van der Waals surface area contributed by atoms with Crippen LogP contribution in [0, 0.1) is 3.57 Å². The lowest BCUT2D eigenvalue weighted by Gasteiger charge is -2.34. The Kier molecular flexibility index (Phi) is 6.75. The van der Waals surface area contributed by atoms with E-state index in [0.29, 0.717) is 25.1 Å². The van der Waals surface area contributed by atoms with E-state index in [4.69, 9.17) is 4.74 Å². The minimum absolute atomic E-state index is 0.222. The third-order valence-electron chi connectivity index (χ3n) is 3.82. The van der Waals surface area contributed by atoms with E-state index >= 15 is 0 Å². The van der Waals surface area contributed by atoms with Crippen LogP contribution in [0.1, 0.15) is 33.3 Å². The minimum atomic E-state index is -1.19. The standard InChI is InChI=1S/C18H24INO3S/c1-5-23-17(21)14-10-11-20(24(22)18(2,3)4)16(14)12-13-8-6-7-9-15(13)19/h6-10,16H,5,11-12H2,1-4H3/t16-,24?/m1/s1. The van der Waals surface area contributed by atoms with E-state index in [1.165, 1.54) is 0 Å². The van der Waals surface area contributed by atoms with Crippen molar-refractivity contribution in [2.24, 2.45) is 0 Å². The van der Waals surface area contributed by atoms with Crippen LogP contribution in [-0.2, 0) is 27.3 Å². The number of hydrogen-bond donors (Lipinski definition) is 0. The van der Waals surface area contributed by atoms with Gasteiger partial charge in [-0.3, -0.25) is 0 Å². The molecule has 0 saturated heterocycles. The van der Waals surface area contributed by atoms with E-state index in [-0.39, 0.29) is 16.8 Å². The lowest BCUT2D eigenvalue weighted by Crippen LogP contribution is -2.47. The Morgan fingerprint density at radius 1 is 1.42 bits per heavy atom. The highest BCUT2D eigenvalue weighted by atomic mass is 127. The second-order valence-corrected chi connectivity index (χ2v) is 10.0. The van der Waals surface area contributed by atoms with Crippen molar-refractivity contribution in [1.82, 2.24) is 4.31 Å². The Morgan fingerprint density at radius 2 is 2.08 bits per heavy atom. The molecule has 1 aliphatic heterocycles. The van der Waals surface area contributed by atoms with Crippen molar-refractivity contribution in [3.8, 4) is 0 Å². The molecule has 0 bridgehead atoms. The lowest BCUT2D eigenvalue weighted by atomic mass is 10.0. The molecule has 1 heterocycles. The van der Waals surface area contributed by atoms with Gasteiger partial charge in [-0.25, -0.2) is 4.79 Å². The molecule has 0 aromatic heterocycles. The van der Waals surface area contributed by atoms with Crippen molar-refractivity contribution in [3.05, 3.63) is 45.0 Å². The third kappa shape index (κ3) is 4.53. The average Bonchev–Trinajstić information content (AvgIpc) is 2.91. The summed E-state index contributed by atoms with van der Waals surface area (Å²) in [6.07, 6.45) is 2.51. The fourth-order valence-electron chi connectivity index (χ4n) is 2.66. The molecular weight excluding hydrogens is 437 g/mol. The molecule has 0 aliphatic carbocycles. The number of rotatable bonds is 5. The molecule has 1 aromatic carbocycles. The molecule has 4 nitrogen and oxygen atoms in total. The molecule has 2 rings (SSSR count). The molecule has 0 radical (unpaired) electrons. The van der Waals surface area contributed by atoms with Gasteiger partial charge in [0, 0.05) is 14.9 Å². The van der Waals surface area contributed by atoms with Gasteiger partial charge >= 0.3 is 5.97 Å². The van der Waals surface area contributed by atoms with Crippen LogP contribution in [0.4, 0.5) is 0 Å². The first kappa shape index (κ1) is 19.8. The topological polar surface area (TPSA) is 52.6 Å². The monoisotopic (exact) mass is 461 g/mol. The Morgan fingerprint density at radius 3 is 2.67 bits per heavy atom. The smallest absolute Gasteiger partial charge is 0.335 e. The molecule has 132 valence electrons. The number of benzene rings is 1. The number of carbonyl (C=O) groups is 1. The van der Waals surface area contributed by atoms with E-state index in [9.17, 15) is 9.35 Å². The van der Waals surface area contributed by atoms with Crippen molar-refractivity contribution in [3.63, 3.8) is 0 Å². The fraction of sp³-hybridized carbons (Fsp3) is 0.500. The normalized spacial score (nSPS) is 19.9. The van der Waals surface area contributed by atoms with Crippen LogP contribution in [0.2, 0.25) is 0 Å². The Hall–Kier alpha value is -0.570. The van der Waals surface area contributed by atoms with Crippen LogP contribution in [0.5, 0.6) is 0 Å². The van der Waals surface area contributed by atoms with E-state index < -0.39 is 11.4 Å². The average molecular weight is 461 g/mol. The zero-order valence-electron chi connectivity index (χ0n) is 14.5. The Bertz CT molecular complexity index is 627. The molecule has 24 heavy (non-hydrogen) atoms. The molecule has 0 N–H and O–H groups in total. The maximum absolute atomic E-state index is 12.9. The van der Waals surface area contributed by atoms with E-state index in [0.717, 1.165) is 9.13 Å². The molecule has 0 amide bonds. The first-order valence-corrected chi connectivity index (χ1v) is 10.2. The van der Waals surface area contributed by atoms with Crippen LogP contribution in [-0.4, -0.2) is 38.8 Å². The van der Waals surface area contributed by atoms with Gasteiger partial charge < -0.3 is 9.29 Å². The van der Waals surface area contributed by atoms with Gasteiger partial charge in [0.1, 0.15) is 4.75 Å². The predicted molar refractivity (Wildman–Crippen MR) is 106 cm³/mol. The van der Waals surface area contributed by atoms with Crippen LogP contribution in [0.3, 0.4) is 0 Å². The van der Waals surface area contributed by atoms with Gasteiger partial charge in [0.25, 0.3) is 0 Å². The number of esters is 1. The minimum Gasteiger partial charge on any atom is -0.597 e. The highest BCUT2D eigenvalue weighted by Crippen LogP contribution is 2.32. The number of halogens is 1. The number of nitrogens with zero attached hydrogens (tertiary/aromatic N) is 1. The highest BCUT2D eigenvalue weighted by Gasteiger charge is 2.43. The maximum Gasteiger partial charge on any atom is 0.335 e. The van der Waals surface area contributed by atoms with Crippen LogP contribution in [0.25, 0.3) is 0 Å². The summed E-state index contributed by atoms with van der Waals surface area (Å²) in [5.74, 6) is -0.304. The van der Waals surface area contributed by atoms with E-state index in [1.807, 2.05) is 49.4 Å². The zero-order valence-corrected chi connectivity index (χ0v) is 17.5. The van der Waals surface area contributed by atoms with Gasteiger partial charge in [-0.1, -0.05) is 24.3 Å². The summed E-state index contributed by atoms with van der Waals surface area (Å²) in [5, 5.41) is 0. The summed E-state index contributed by atoms with van der Waals surface area (Å²) < 4.78 is 20.8. The van der Waals surface area contributed by atoms with Gasteiger partial charge in [-0.2, -0.15) is 0 Å². The predicted octanol–water partition coefficient (Wildman–Crippen LogP) is 3.47. The van der Waals surface area contributed by atoms with Gasteiger partial charge in [-0.05, 0) is 68.3 Å². The molecule has 0 spiro atoms. The lowest BCUT2D eigenvalue weighted by molar-refractivity contribution is -0.138. The van der Waals surface area contributed by atoms with Crippen LogP contribution >= 0.6 is 22.6 Å². The molecular formula is C18H24INO3S. The molecule has 0 saturated carbocycles. The van der Waals surface area contributed by atoms with Gasteiger partial charge in [0.2, 0.25) is 0 Å². The SMILES string of the molecule is CCOC(=O)C1=CCN([S+]([O-])C(C)(C)C)[C@@H]1Cc1ccccc1I. The van der Waals surface area contributed by atoms with Crippen molar-refractivity contribution < 1.29 is 14.1 Å². The summed E-state index contributed by atoms with van der Waals surface area (Å²) in [5.41, 5.74) is 1.77. The van der Waals surface area contributed by atoms with Crippen LogP contribution < -0.4 is 0 Å². The summed E-state index contributed by atoms with van der Waals surface area (Å²) in [7, 11) is 0.